The van der Waals surface area contributed by atoms with Crippen molar-refractivity contribution in [3.05, 3.63) is 35.4 Å². The van der Waals surface area contributed by atoms with Gasteiger partial charge in [0.15, 0.2) is 0 Å². The third-order valence-corrected chi connectivity index (χ3v) is 1.59. The molecular weight excluding hydrogens is 178 g/mol. The fraction of sp³-hybridized carbons (Fsp3) is 0.222. The minimum atomic E-state index is -1.14. The van der Waals surface area contributed by atoms with Crippen molar-refractivity contribution < 1.29 is 18.7 Å². The number of benzene rings is 1. The van der Waals surface area contributed by atoms with Gasteiger partial charge in [-0.05, 0) is 17.7 Å². The summed E-state index contributed by atoms with van der Waals surface area (Å²) in [7, 11) is 0. The van der Waals surface area contributed by atoms with E-state index in [9.17, 15) is 18.7 Å². The fourth-order valence-corrected chi connectivity index (χ4v) is 0.995. The van der Waals surface area contributed by atoms with Crippen molar-refractivity contribution in [2.24, 2.45) is 0 Å². The Bertz CT molecular complexity index is 292. The van der Waals surface area contributed by atoms with E-state index in [2.05, 4.69) is 0 Å². The number of hydrogen-bond donors (Lipinski definition) is 1. The molecule has 0 aliphatic carbocycles. The molecule has 0 saturated heterocycles. The van der Waals surface area contributed by atoms with Crippen LogP contribution in [0.3, 0.4) is 0 Å². The van der Waals surface area contributed by atoms with Crippen molar-refractivity contribution in [2.45, 2.75) is 12.5 Å². The number of carbonyl (C=O) groups excluding carboxylic acids is 1. The van der Waals surface area contributed by atoms with Crippen molar-refractivity contribution in [1.82, 2.24) is 0 Å². The molecule has 0 saturated carbocycles. The van der Waals surface area contributed by atoms with Crippen molar-refractivity contribution in [3.8, 4) is 0 Å². The molecule has 0 aliphatic heterocycles. The van der Waals surface area contributed by atoms with Crippen LogP contribution in [0, 0.1) is 11.6 Å². The zero-order valence-electron chi connectivity index (χ0n) is 6.71. The van der Waals surface area contributed by atoms with Crippen LogP contribution < -0.4 is 0 Å². The third kappa shape index (κ3) is 2.59. The lowest BCUT2D eigenvalue weighted by atomic mass is 10.1. The number of aldehydes is 1. The Morgan fingerprint density at radius 1 is 1.31 bits per heavy atom. The van der Waals surface area contributed by atoms with Crippen molar-refractivity contribution in [3.63, 3.8) is 0 Å². The summed E-state index contributed by atoms with van der Waals surface area (Å²) in [5.74, 6) is -1.53. The van der Waals surface area contributed by atoms with E-state index in [0.29, 0.717) is 12.4 Å². The Morgan fingerprint density at radius 2 is 1.85 bits per heavy atom. The van der Waals surface area contributed by atoms with E-state index in [1.54, 1.807) is 0 Å². The first-order chi connectivity index (χ1) is 6.13. The molecule has 1 aromatic carbocycles. The molecule has 0 spiro atoms. The summed E-state index contributed by atoms with van der Waals surface area (Å²) in [5, 5.41) is 9.20. The van der Waals surface area contributed by atoms with Crippen LogP contribution in [0.4, 0.5) is 8.78 Å². The minimum absolute atomic E-state index is 0.0737. The van der Waals surface area contributed by atoms with Crippen LogP contribution in [0.2, 0.25) is 0 Å². The highest BCUT2D eigenvalue weighted by atomic mass is 19.1. The van der Waals surface area contributed by atoms with Crippen LogP contribution in [-0.4, -0.2) is 11.4 Å². The van der Waals surface area contributed by atoms with Gasteiger partial charge in [0.2, 0.25) is 0 Å². The summed E-state index contributed by atoms with van der Waals surface area (Å²) in [4.78, 5) is 10.0. The molecule has 0 fully saturated rings. The highest BCUT2D eigenvalue weighted by molar-refractivity contribution is 5.51. The van der Waals surface area contributed by atoms with E-state index < -0.39 is 17.7 Å². The van der Waals surface area contributed by atoms with Crippen LogP contribution in [-0.2, 0) is 4.79 Å². The lowest BCUT2D eigenvalue weighted by Crippen LogP contribution is -1.99. The van der Waals surface area contributed by atoms with E-state index in [1.165, 1.54) is 0 Å². The maximum atomic E-state index is 12.6. The molecule has 0 radical (unpaired) electrons. The molecule has 0 aliphatic rings. The third-order valence-electron chi connectivity index (χ3n) is 1.59. The SMILES string of the molecule is O=CCC(O)c1cc(F)cc(F)c1. The molecule has 1 N–H and O–H groups in total. The van der Waals surface area contributed by atoms with E-state index in [1.807, 2.05) is 0 Å². The first kappa shape index (κ1) is 9.80. The van der Waals surface area contributed by atoms with E-state index in [-0.39, 0.29) is 12.0 Å². The summed E-state index contributed by atoms with van der Waals surface area (Å²) in [6, 6.07) is 2.70. The first-order valence-electron chi connectivity index (χ1n) is 3.71. The molecule has 1 rings (SSSR count). The molecule has 1 aromatic rings. The predicted octanol–water partition coefficient (Wildman–Crippen LogP) is 1.59. The molecule has 70 valence electrons. The number of aliphatic hydroxyl groups is 1. The zero-order chi connectivity index (χ0) is 9.84. The summed E-state index contributed by atoms with van der Waals surface area (Å²) < 4.78 is 25.2. The molecule has 1 unspecified atom stereocenters. The fourth-order valence-electron chi connectivity index (χ4n) is 0.995. The van der Waals surface area contributed by atoms with Crippen molar-refractivity contribution in [2.75, 3.05) is 0 Å². The Balaban J connectivity index is 2.93. The molecule has 1 atom stereocenters. The van der Waals surface area contributed by atoms with Crippen LogP contribution in [0.15, 0.2) is 18.2 Å². The molecule has 0 heterocycles. The van der Waals surface area contributed by atoms with Gasteiger partial charge < -0.3 is 9.90 Å². The van der Waals surface area contributed by atoms with E-state index >= 15 is 0 Å². The number of halogens is 2. The van der Waals surface area contributed by atoms with Gasteiger partial charge in [0, 0.05) is 12.5 Å². The van der Waals surface area contributed by atoms with E-state index in [0.717, 1.165) is 12.1 Å². The van der Waals surface area contributed by atoms with Crippen molar-refractivity contribution >= 4 is 6.29 Å². The van der Waals surface area contributed by atoms with Crippen LogP contribution in [0.25, 0.3) is 0 Å². The minimum Gasteiger partial charge on any atom is -0.388 e. The molecule has 0 aromatic heterocycles. The van der Waals surface area contributed by atoms with Gasteiger partial charge in [-0.25, -0.2) is 8.78 Å². The monoisotopic (exact) mass is 186 g/mol. The predicted molar refractivity (Wildman–Crippen MR) is 42.0 cm³/mol. The normalized spacial score (nSPS) is 12.5. The van der Waals surface area contributed by atoms with Gasteiger partial charge in [-0.2, -0.15) is 0 Å². The molecule has 13 heavy (non-hydrogen) atoms. The van der Waals surface area contributed by atoms with E-state index in [4.69, 9.17) is 0 Å². The van der Waals surface area contributed by atoms with Gasteiger partial charge >= 0.3 is 0 Å². The Morgan fingerprint density at radius 3 is 2.31 bits per heavy atom. The maximum Gasteiger partial charge on any atom is 0.126 e. The number of aliphatic hydroxyl groups excluding tert-OH is 1. The lowest BCUT2D eigenvalue weighted by molar-refractivity contribution is -0.109. The Labute approximate surface area is 73.8 Å². The van der Waals surface area contributed by atoms with Crippen LogP contribution >= 0.6 is 0 Å². The summed E-state index contributed by atoms with van der Waals surface area (Å²) >= 11 is 0. The van der Waals surface area contributed by atoms with Gasteiger partial charge in [0.25, 0.3) is 0 Å². The largest absolute Gasteiger partial charge is 0.388 e. The molecule has 0 bridgehead atoms. The standard InChI is InChI=1S/C9H8F2O2/c10-7-3-6(4-8(11)5-7)9(13)1-2-12/h2-5,9,13H,1H2. The second kappa shape index (κ2) is 4.09. The Kier molecular flexibility index (Phi) is 3.08. The number of hydrogen-bond acceptors (Lipinski definition) is 2. The highest BCUT2D eigenvalue weighted by Gasteiger charge is 2.09. The molecule has 0 amide bonds. The first-order valence-corrected chi connectivity index (χ1v) is 3.71. The van der Waals surface area contributed by atoms with Crippen LogP contribution in [0.1, 0.15) is 18.1 Å². The van der Waals surface area contributed by atoms with Gasteiger partial charge in [0.1, 0.15) is 17.9 Å². The maximum absolute atomic E-state index is 12.6. The second-order valence-corrected chi connectivity index (χ2v) is 2.62. The van der Waals surface area contributed by atoms with Gasteiger partial charge in [-0.15, -0.1) is 0 Å². The smallest absolute Gasteiger partial charge is 0.126 e. The zero-order valence-corrected chi connectivity index (χ0v) is 6.71. The quantitative estimate of drug-likeness (QED) is 0.728. The lowest BCUT2D eigenvalue weighted by Gasteiger charge is -2.06. The molecule has 2 nitrogen and oxygen atoms in total. The summed E-state index contributed by atoms with van der Waals surface area (Å²) in [5.41, 5.74) is 0.0737. The van der Waals surface area contributed by atoms with Crippen molar-refractivity contribution in [1.29, 1.82) is 0 Å². The number of carbonyl (C=O) groups is 1. The summed E-state index contributed by atoms with van der Waals surface area (Å²) in [6.45, 7) is 0. The second-order valence-electron chi connectivity index (χ2n) is 2.62. The highest BCUT2D eigenvalue weighted by Crippen LogP contribution is 2.17. The number of rotatable bonds is 3. The molecular formula is C9H8F2O2. The average molecular weight is 186 g/mol. The van der Waals surface area contributed by atoms with Crippen LogP contribution in [0.5, 0.6) is 0 Å². The summed E-state index contributed by atoms with van der Waals surface area (Å²) in [6.07, 6.45) is -0.807. The van der Waals surface area contributed by atoms with Gasteiger partial charge in [-0.1, -0.05) is 0 Å². The molecule has 4 heteroatoms. The van der Waals surface area contributed by atoms with Gasteiger partial charge in [0.05, 0.1) is 6.10 Å². The topological polar surface area (TPSA) is 37.3 Å². The average Bonchev–Trinajstić information content (AvgIpc) is 2.03. The Hall–Kier alpha value is -1.29. The van der Waals surface area contributed by atoms with Gasteiger partial charge in [-0.3, -0.25) is 0 Å².